The third kappa shape index (κ3) is 5.28. The first-order valence-electron chi connectivity index (χ1n) is 8.29. The van der Waals surface area contributed by atoms with Crippen molar-refractivity contribution in [1.82, 2.24) is 10.2 Å². The van der Waals surface area contributed by atoms with Gasteiger partial charge >= 0.3 is 0 Å². The van der Waals surface area contributed by atoms with E-state index in [1.807, 2.05) is 12.1 Å². The van der Waals surface area contributed by atoms with Crippen LogP contribution < -0.4 is 5.32 Å². The largest absolute Gasteiger partial charge is 0.311 e. The van der Waals surface area contributed by atoms with Crippen LogP contribution in [-0.2, 0) is 6.42 Å². The third-order valence-electron chi connectivity index (χ3n) is 4.50. The molecular weight excluding hydrogens is 280 g/mol. The number of likely N-dealkylation sites (tertiary alicyclic amines) is 1. The maximum Gasteiger partial charge on any atom is 0.0438 e. The summed E-state index contributed by atoms with van der Waals surface area (Å²) in [5.41, 5.74) is 1.25. The summed E-state index contributed by atoms with van der Waals surface area (Å²) in [6, 6.07) is 9.97. The van der Waals surface area contributed by atoms with Gasteiger partial charge in [-0.25, -0.2) is 0 Å². The molecule has 0 bridgehead atoms. The normalized spacial score (nSPS) is 22.2. The summed E-state index contributed by atoms with van der Waals surface area (Å²) in [5.74, 6) is 0. The van der Waals surface area contributed by atoms with Crippen LogP contribution in [0.1, 0.15) is 45.6 Å². The van der Waals surface area contributed by atoms with E-state index in [-0.39, 0.29) is 0 Å². The van der Waals surface area contributed by atoms with Gasteiger partial charge in [0.2, 0.25) is 0 Å². The molecule has 2 rings (SSSR count). The highest BCUT2D eigenvalue weighted by Gasteiger charge is 2.20. The Kier molecular flexibility index (Phi) is 6.53. The summed E-state index contributed by atoms with van der Waals surface area (Å²) in [5, 5.41) is 4.70. The molecule has 0 spiro atoms. The Bertz CT molecular complexity index is 433. The van der Waals surface area contributed by atoms with Gasteiger partial charge < -0.3 is 10.2 Å². The van der Waals surface area contributed by atoms with Crippen LogP contribution in [0.15, 0.2) is 24.3 Å². The van der Waals surface area contributed by atoms with E-state index in [4.69, 9.17) is 11.6 Å². The highest BCUT2D eigenvalue weighted by Crippen LogP contribution is 2.18. The smallest absolute Gasteiger partial charge is 0.0438 e. The molecule has 2 nitrogen and oxygen atoms in total. The van der Waals surface area contributed by atoms with Crippen LogP contribution in [0.4, 0.5) is 0 Å². The van der Waals surface area contributed by atoms with Crippen LogP contribution in [0.3, 0.4) is 0 Å². The molecule has 21 heavy (non-hydrogen) atoms. The Hall–Kier alpha value is -0.570. The van der Waals surface area contributed by atoms with Crippen LogP contribution >= 0.6 is 11.6 Å². The average molecular weight is 309 g/mol. The van der Waals surface area contributed by atoms with Crippen LogP contribution in [-0.4, -0.2) is 36.1 Å². The lowest BCUT2D eigenvalue weighted by molar-refractivity contribution is 0.228. The van der Waals surface area contributed by atoms with Crippen molar-refractivity contribution in [2.24, 2.45) is 0 Å². The molecule has 3 heteroatoms. The Morgan fingerprint density at radius 3 is 2.67 bits per heavy atom. The van der Waals surface area contributed by atoms with E-state index in [9.17, 15) is 0 Å². The number of rotatable bonds is 5. The van der Waals surface area contributed by atoms with Gasteiger partial charge in [-0.05, 0) is 71.2 Å². The number of nitrogens with zero attached hydrogens (tertiary/aromatic N) is 1. The minimum Gasteiger partial charge on any atom is -0.311 e. The Labute approximate surface area is 134 Å². The van der Waals surface area contributed by atoms with E-state index in [2.05, 4.69) is 43.1 Å². The molecule has 1 aliphatic heterocycles. The van der Waals surface area contributed by atoms with Gasteiger partial charge in [-0.15, -0.1) is 0 Å². The Morgan fingerprint density at radius 2 is 1.95 bits per heavy atom. The number of hydrogen-bond acceptors (Lipinski definition) is 2. The second-order valence-electron chi connectivity index (χ2n) is 6.62. The van der Waals surface area contributed by atoms with Crippen molar-refractivity contribution < 1.29 is 0 Å². The maximum absolute atomic E-state index is 6.26. The summed E-state index contributed by atoms with van der Waals surface area (Å²) in [6.07, 6.45) is 4.85. The van der Waals surface area contributed by atoms with Gasteiger partial charge in [0.25, 0.3) is 0 Å². The van der Waals surface area contributed by atoms with Crippen molar-refractivity contribution in [2.45, 2.75) is 64.6 Å². The number of benzene rings is 1. The van der Waals surface area contributed by atoms with Gasteiger partial charge in [0.1, 0.15) is 0 Å². The molecule has 1 aliphatic rings. The van der Waals surface area contributed by atoms with E-state index in [1.165, 1.54) is 37.9 Å². The zero-order valence-corrected chi connectivity index (χ0v) is 14.4. The SMILES string of the molecule is CC(Cc1ccccc1Cl)NC1CCCN(C(C)C)CC1. The minimum atomic E-state index is 0.473. The van der Waals surface area contributed by atoms with Crippen LogP contribution in [0.25, 0.3) is 0 Å². The lowest BCUT2D eigenvalue weighted by Gasteiger charge is -2.25. The van der Waals surface area contributed by atoms with Gasteiger partial charge in [0, 0.05) is 23.1 Å². The third-order valence-corrected chi connectivity index (χ3v) is 4.87. The summed E-state index contributed by atoms with van der Waals surface area (Å²) in [4.78, 5) is 2.60. The lowest BCUT2D eigenvalue weighted by Crippen LogP contribution is -2.39. The lowest BCUT2D eigenvalue weighted by atomic mass is 10.0. The van der Waals surface area contributed by atoms with Gasteiger partial charge in [-0.1, -0.05) is 29.8 Å². The summed E-state index contributed by atoms with van der Waals surface area (Å²) >= 11 is 6.26. The van der Waals surface area contributed by atoms with Gasteiger partial charge in [0.05, 0.1) is 0 Å². The van der Waals surface area contributed by atoms with Crippen molar-refractivity contribution in [2.75, 3.05) is 13.1 Å². The van der Waals surface area contributed by atoms with E-state index in [0.29, 0.717) is 18.1 Å². The average Bonchev–Trinajstić information content (AvgIpc) is 2.67. The van der Waals surface area contributed by atoms with Gasteiger partial charge in [0.15, 0.2) is 0 Å². The van der Waals surface area contributed by atoms with Gasteiger partial charge in [-0.2, -0.15) is 0 Å². The molecule has 0 radical (unpaired) electrons. The maximum atomic E-state index is 6.26. The summed E-state index contributed by atoms with van der Waals surface area (Å²) in [7, 11) is 0. The van der Waals surface area contributed by atoms with Crippen molar-refractivity contribution >= 4 is 11.6 Å². The summed E-state index contributed by atoms with van der Waals surface area (Å²) in [6.45, 7) is 9.33. The van der Waals surface area contributed by atoms with Gasteiger partial charge in [-0.3, -0.25) is 0 Å². The quantitative estimate of drug-likeness (QED) is 0.880. The second kappa shape index (κ2) is 8.17. The van der Waals surface area contributed by atoms with Crippen molar-refractivity contribution in [3.63, 3.8) is 0 Å². The first-order chi connectivity index (χ1) is 10.1. The summed E-state index contributed by atoms with van der Waals surface area (Å²) < 4.78 is 0. The van der Waals surface area contributed by atoms with Crippen LogP contribution in [0.5, 0.6) is 0 Å². The number of halogens is 1. The highest BCUT2D eigenvalue weighted by atomic mass is 35.5. The minimum absolute atomic E-state index is 0.473. The monoisotopic (exact) mass is 308 g/mol. The molecule has 2 atom stereocenters. The Balaban J connectivity index is 1.82. The molecule has 1 saturated heterocycles. The molecule has 2 unspecified atom stereocenters. The molecule has 118 valence electrons. The fourth-order valence-corrected chi connectivity index (χ4v) is 3.47. The molecule has 1 fully saturated rings. The molecule has 0 aromatic heterocycles. The molecular formula is C18H29ClN2. The fourth-order valence-electron chi connectivity index (χ4n) is 3.26. The predicted molar refractivity (Wildman–Crippen MR) is 92.1 cm³/mol. The molecule has 0 saturated carbocycles. The highest BCUT2D eigenvalue weighted by molar-refractivity contribution is 6.31. The van der Waals surface area contributed by atoms with Crippen molar-refractivity contribution in [3.05, 3.63) is 34.9 Å². The second-order valence-corrected chi connectivity index (χ2v) is 7.03. The predicted octanol–water partition coefficient (Wildman–Crippen LogP) is 4.12. The standard InChI is InChI=1S/C18H29ClN2/c1-14(2)21-11-6-8-17(10-12-21)20-15(3)13-16-7-4-5-9-18(16)19/h4-5,7,9,14-15,17,20H,6,8,10-13H2,1-3H3. The van der Waals surface area contributed by atoms with Crippen LogP contribution in [0.2, 0.25) is 5.02 Å². The molecule has 1 aromatic carbocycles. The number of nitrogens with one attached hydrogen (secondary N) is 1. The molecule has 1 aromatic rings. The molecule has 0 aliphatic carbocycles. The zero-order chi connectivity index (χ0) is 15.2. The van der Waals surface area contributed by atoms with Crippen molar-refractivity contribution in [3.8, 4) is 0 Å². The molecule has 0 amide bonds. The van der Waals surface area contributed by atoms with Crippen LogP contribution in [0, 0.1) is 0 Å². The van der Waals surface area contributed by atoms with E-state index in [0.717, 1.165) is 11.4 Å². The van der Waals surface area contributed by atoms with E-state index in [1.54, 1.807) is 0 Å². The van der Waals surface area contributed by atoms with E-state index < -0.39 is 0 Å². The zero-order valence-electron chi connectivity index (χ0n) is 13.6. The molecule has 1 heterocycles. The fraction of sp³-hybridized carbons (Fsp3) is 0.667. The number of hydrogen-bond donors (Lipinski definition) is 1. The van der Waals surface area contributed by atoms with E-state index >= 15 is 0 Å². The topological polar surface area (TPSA) is 15.3 Å². The first-order valence-corrected chi connectivity index (χ1v) is 8.67. The van der Waals surface area contributed by atoms with Crippen molar-refractivity contribution in [1.29, 1.82) is 0 Å². The Morgan fingerprint density at radius 1 is 1.19 bits per heavy atom. The molecule has 1 N–H and O–H groups in total. The first kappa shape index (κ1) is 16.8.